The zero-order chi connectivity index (χ0) is 12.0. The quantitative estimate of drug-likeness (QED) is 0.738. The van der Waals surface area contributed by atoms with Crippen LogP contribution in [-0.4, -0.2) is 28.5 Å². The van der Waals surface area contributed by atoms with E-state index >= 15 is 0 Å². The van der Waals surface area contributed by atoms with E-state index < -0.39 is 5.97 Å². The third kappa shape index (κ3) is 3.98. The molecule has 0 aliphatic heterocycles. The van der Waals surface area contributed by atoms with Crippen LogP contribution in [0.4, 0.5) is 0 Å². The van der Waals surface area contributed by atoms with E-state index in [1.807, 2.05) is 0 Å². The van der Waals surface area contributed by atoms with Crippen LogP contribution in [0, 0.1) is 5.92 Å². The standard InChI is InChI=1S/C10H14N2O3S/c1-7(10(14)15)3-2-4-12-9(13)8-5-11-6-16-8/h5-7H,2-4H2,1H3,(H,12,13)(H,14,15). The van der Waals surface area contributed by atoms with Gasteiger partial charge in [0, 0.05) is 6.54 Å². The molecular formula is C10H14N2O3S. The maximum atomic E-state index is 11.4. The molecule has 0 bridgehead atoms. The fourth-order valence-corrected chi connectivity index (χ4v) is 1.68. The number of carboxylic acids is 1. The Labute approximate surface area is 97.5 Å². The SMILES string of the molecule is CC(CCCNC(=O)c1cncs1)C(=O)O. The van der Waals surface area contributed by atoms with Gasteiger partial charge in [-0.3, -0.25) is 14.6 Å². The van der Waals surface area contributed by atoms with Crippen LogP contribution in [0.25, 0.3) is 0 Å². The summed E-state index contributed by atoms with van der Waals surface area (Å²) >= 11 is 1.28. The van der Waals surface area contributed by atoms with E-state index in [1.165, 1.54) is 17.5 Å². The van der Waals surface area contributed by atoms with Gasteiger partial charge in [-0.1, -0.05) is 6.92 Å². The zero-order valence-corrected chi connectivity index (χ0v) is 9.79. The number of rotatable bonds is 6. The number of carbonyl (C=O) groups is 2. The Morgan fingerprint density at radius 1 is 1.62 bits per heavy atom. The third-order valence-electron chi connectivity index (χ3n) is 2.18. The molecule has 0 aliphatic rings. The van der Waals surface area contributed by atoms with Crippen molar-refractivity contribution in [2.45, 2.75) is 19.8 Å². The molecular weight excluding hydrogens is 228 g/mol. The molecule has 1 heterocycles. The number of amides is 1. The second-order valence-corrected chi connectivity index (χ2v) is 4.39. The monoisotopic (exact) mass is 242 g/mol. The Balaban J connectivity index is 2.17. The van der Waals surface area contributed by atoms with Gasteiger partial charge in [-0.2, -0.15) is 0 Å². The summed E-state index contributed by atoms with van der Waals surface area (Å²) in [6.45, 7) is 2.15. The molecule has 1 aromatic rings. The van der Waals surface area contributed by atoms with Crippen LogP contribution in [0.2, 0.25) is 0 Å². The van der Waals surface area contributed by atoms with Gasteiger partial charge in [0.15, 0.2) is 0 Å². The summed E-state index contributed by atoms with van der Waals surface area (Å²) in [6.07, 6.45) is 2.75. The van der Waals surface area contributed by atoms with E-state index in [-0.39, 0.29) is 11.8 Å². The second kappa shape index (κ2) is 6.22. The minimum Gasteiger partial charge on any atom is -0.481 e. The Hall–Kier alpha value is -1.43. The number of aliphatic carboxylic acids is 1. The molecule has 1 aromatic heterocycles. The molecule has 1 amide bonds. The maximum Gasteiger partial charge on any atom is 0.306 e. The molecule has 1 atom stereocenters. The lowest BCUT2D eigenvalue weighted by atomic mass is 10.1. The fourth-order valence-electron chi connectivity index (χ4n) is 1.15. The van der Waals surface area contributed by atoms with Crippen LogP contribution in [0.15, 0.2) is 11.7 Å². The van der Waals surface area contributed by atoms with Crippen molar-refractivity contribution >= 4 is 23.2 Å². The van der Waals surface area contributed by atoms with Gasteiger partial charge in [-0.15, -0.1) is 11.3 Å². The first-order chi connectivity index (χ1) is 7.61. The molecule has 5 nitrogen and oxygen atoms in total. The molecule has 16 heavy (non-hydrogen) atoms. The first kappa shape index (κ1) is 12.6. The van der Waals surface area contributed by atoms with Gasteiger partial charge in [0.05, 0.1) is 17.6 Å². The summed E-state index contributed by atoms with van der Waals surface area (Å²) in [4.78, 5) is 26.3. The van der Waals surface area contributed by atoms with Crippen molar-refractivity contribution in [1.82, 2.24) is 10.3 Å². The van der Waals surface area contributed by atoms with Crippen LogP contribution < -0.4 is 5.32 Å². The molecule has 2 N–H and O–H groups in total. The molecule has 0 radical (unpaired) electrons. The molecule has 6 heteroatoms. The second-order valence-electron chi connectivity index (χ2n) is 3.50. The number of carbonyl (C=O) groups excluding carboxylic acids is 1. The minimum atomic E-state index is -0.797. The van der Waals surface area contributed by atoms with Gasteiger partial charge >= 0.3 is 5.97 Å². The van der Waals surface area contributed by atoms with Gasteiger partial charge in [0.25, 0.3) is 5.91 Å². The van der Waals surface area contributed by atoms with Crippen LogP contribution in [0.3, 0.4) is 0 Å². The Morgan fingerprint density at radius 3 is 2.94 bits per heavy atom. The van der Waals surface area contributed by atoms with Crippen molar-refractivity contribution in [3.05, 3.63) is 16.6 Å². The van der Waals surface area contributed by atoms with Gasteiger partial charge in [-0.25, -0.2) is 0 Å². The van der Waals surface area contributed by atoms with Crippen LogP contribution >= 0.6 is 11.3 Å². The molecule has 0 aromatic carbocycles. The summed E-state index contributed by atoms with van der Waals surface area (Å²) in [7, 11) is 0. The van der Waals surface area contributed by atoms with Crippen molar-refractivity contribution in [2.75, 3.05) is 6.54 Å². The highest BCUT2D eigenvalue weighted by Gasteiger charge is 2.10. The number of thiazole rings is 1. The Morgan fingerprint density at radius 2 is 2.38 bits per heavy atom. The van der Waals surface area contributed by atoms with E-state index in [4.69, 9.17) is 5.11 Å². The highest BCUT2D eigenvalue weighted by Crippen LogP contribution is 2.06. The molecule has 0 saturated heterocycles. The summed E-state index contributed by atoms with van der Waals surface area (Å²) < 4.78 is 0. The summed E-state index contributed by atoms with van der Waals surface area (Å²) in [5.74, 6) is -1.31. The predicted octanol–water partition coefficient (Wildman–Crippen LogP) is 1.37. The minimum absolute atomic E-state index is 0.148. The first-order valence-corrected chi connectivity index (χ1v) is 5.88. The number of nitrogens with one attached hydrogen (secondary N) is 1. The summed E-state index contributed by atoms with van der Waals surface area (Å²) in [6, 6.07) is 0. The lowest BCUT2D eigenvalue weighted by molar-refractivity contribution is -0.141. The van der Waals surface area contributed by atoms with E-state index in [1.54, 1.807) is 12.4 Å². The van der Waals surface area contributed by atoms with Crippen molar-refractivity contribution in [2.24, 2.45) is 5.92 Å². The van der Waals surface area contributed by atoms with E-state index in [2.05, 4.69) is 10.3 Å². The lowest BCUT2D eigenvalue weighted by Crippen LogP contribution is -2.24. The van der Waals surface area contributed by atoms with E-state index in [0.29, 0.717) is 24.3 Å². The molecule has 1 unspecified atom stereocenters. The molecule has 0 spiro atoms. The van der Waals surface area contributed by atoms with Crippen LogP contribution in [0.1, 0.15) is 29.4 Å². The molecule has 0 saturated carbocycles. The molecule has 0 fully saturated rings. The van der Waals surface area contributed by atoms with Crippen LogP contribution in [-0.2, 0) is 4.79 Å². The Kier molecular flexibility index (Phi) is 4.91. The molecule has 0 aliphatic carbocycles. The Bertz CT molecular complexity index is 351. The third-order valence-corrected chi connectivity index (χ3v) is 2.95. The number of carboxylic acid groups (broad SMARTS) is 1. The average molecular weight is 242 g/mol. The first-order valence-electron chi connectivity index (χ1n) is 5.00. The topological polar surface area (TPSA) is 79.3 Å². The molecule has 1 rings (SSSR count). The fraction of sp³-hybridized carbons (Fsp3) is 0.500. The van der Waals surface area contributed by atoms with Crippen LogP contribution in [0.5, 0.6) is 0 Å². The largest absolute Gasteiger partial charge is 0.481 e. The smallest absolute Gasteiger partial charge is 0.306 e. The maximum absolute atomic E-state index is 11.4. The van der Waals surface area contributed by atoms with Gasteiger partial charge in [0.2, 0.25) is 0 Å². The highest BCUT2D eigenvalue weighted by atomic mass is 32.1. The number of aromatic nitrogens is 1. The van der Waals surface area contributed by atoms with Crippen molar-refractivity contribution in [1.29, 1.82) is 0 Å². The van der Waals surface area contributed by atoms with E-state index in [9.17, 15) is 9.59 Å². The van der Waals surface area contributed by atoms with Crippen molar-refractivity contribution in [3.63, 3.8) is 0 Å². The van der Waals surface area contributed by atoms with Gasteiger partial charge in [-0.05, 0) is 12.8 Å². The number of hydrogen-bond acceptors (Lipinski definition) is 4. The van der Waals surface area contributed by atoms with E-state index in [0.717, 1.165) is 0 Å². The molecule has 88 valence electrons. The zero-order valence-electron chi connectivity index (χ0n) is 8.97. The van der Waals surface area contributed by atoms with Gasteiger partial charge < -0.3 is 10.4 Å². The number of nitrogens with zero attached hydrogens (tertiary/aromatic N) is 1. The number of hydrogen-bond donors (Lipinski definition) is 2. The lowest BCUT2D eigenvalue weighted by Gasteiger charge is -2.06. The van der Waals surface area contributed by atoms with Crippen molar-refractivity contribution in [3.8, 4) is 0 Å². The predicted molar refractivity (Wildman–Crippen MR) is 60.5 cm³/mol. The van der Waals surface area contributed by atoms with Crippen molar-refractivity contribution < 1.29 is 14.7 Å². The summed E-state index contributed by atoms with van der Waals surface area (Å²) in [5.41, 5.74) is 1.60. The average Bonchev–Trinajstić information content (AvgIpc) is 2.76. The summed E-state index contributed by atoms with van der Waals surface area (Å²) in [5, 5.41) is 11.4. The van der Waals surface area contributed by atoms with Gasteiger partial charge in [0.1, 0.15) is 4.88 Å². The highest BCUT2D eigenvalue weighted by molar-refractivity contribution is 7.11. The normalized spacial score (nSPS) is 12.1.